The molecule has 0 amide bonds. The number of ether oxygens (including phenoxy) is 4. The fourth-order valence-corrected chi connectivity index (χ4v) is 6.42. The second-order valence-corrected chi connectivity index (χ2v) is 12.2. The van der Waals surface area contributed by atoms with Crippen molar-refractivity contribution >= 4 is 23.5 Å². The number of dihydropyridines is 1. The Kier molecular flexibility index (Phi) is 10.3. The largest absolute Gasteiger partial charge is 0.493 e. The summed E-state index contributed by atoms with van der Waals surface area (Å²) in [5.41, 5.74) is 5.47. The van der Waals surface area contributed by atoms with E-state index in [0.29, 0.717) is 60.1 Å². The van der Waals surface area contributed by atoms with Crippen molar-refractivity contribution < 1.29 is 28.5 Å². The fraction of sp³-hybridized carbons (Fsp3) is 0.333. The first-order valence-electron chi connectivity index (χ1n) is 14.9. The van der Waals surface area contributed by atoms with Crippen molar-refractivity contribution in [1.29, 1.82) is 0 Å². The predicted molar refractivity (Wildman–Crippen MR) is 173 cm³/mol. The van der Waals surface area contributed by atoms with Gasteiger partial charge in [0.2, 0.25) is 0 Å². The number of nitrogens with one attached hydrogen (secondary N) is 1. The maximum Gasteiger partial charge on any atom is 0.336 e. The van der Waals surface area contributed by atoms with Crippen LogP contribution in [0.3, 0.4) is 0 Å². The van der Waals surface area contributed by atoms with Gasteiger partial charge in [-0.25, -0.2) is 4.79 Å². The van der Waals surface area contributed by atoms with Gasteiger partial charge in [-0.2, -0.15) is 11.8 Å². The van der Waals surface area contributed by atoms with Crippen LogP contribution in [0.2, 0.25) is 0 Å². The van der Waals surface area contributed by atoms with Gasteiger partial charge in [-0.05, 0) is 66.0 Å². The molecule has 0 saturated heterocycles. The molecule has 0 spiro atoms. The first-order chi connectivity index (χ1) is 21.4. The molecule has 0 fully saturated rings. The van der Waals surface area contributed by atoms with E-state index in [2.05, 4.69) is 12.2 Å². The summed E-state index contributed by atoms with van der Waals surface area (Å²) in [6, 6.07) is 23.5. The summed E-state index contributed by atoms with van der Waals surface area (Å²) in [6.07, 6.45) is 0.926. The molecule has 5 rings (SSSR count). The average molecular weight is 614 g/mol. The topological polar surface area (TPSA) is 83.1 Å². The van der Waals surface area contributed by atoms with E-state index in [-0.39, 0.29) is 11.7 Å². The highest BCUT2D eigenvalue weighted by Gasteiger charge is 2.41. The van der Waals surface area contributed by atoms with Gasteiger partial charge in [0.15, 0.2) is 17.3 Å². The van der Waals surface area contributed by atoms with Crippen LogP contribution in [0.1, 0.15) is 55.2 Å². The minimum absolute atomic E-state index is 0.00141. The molecule has 0 bridgehead atoms. The number of carbonyl (C=O) groups is 2. The van der Waals surface area contributed by atoms with E-state index >= 15 is 0 Å². The number of hydrogen-bond donors (Lipinski definition) is 1. The third-order valence-corrected chi connectivity index (χ3v) is 8.89. The number of rotatable bonds is 12. The summed E-state index contributed by atoms with van der Waals surface area (Å²) in [6.45, 7) is 4.68. The summed E-state index contributed by atoms with van der Waals surface area (Å²) >= 11 is 1.72. The highest BCUT2D eigenvalue weighted by Crippen LogP contribution is 2.47. The van der Waals surface area contributed by atoms with Crippen molar-refractivity contribution in [3.63, 3.8) is 0 Å². The van der Waals surface area contributed by atoms with Crippen molar-refractivity contribution in [3.05, 3.63) is 112 Å². The Morgan fingerprint density at radius 2 is 1.73 bits per heavy atom. The molecule has 0 unspecified atom stereocenters. The van der Waals surface area contributed by atoms with Crippen molar-refractivity contribution in [3.8, 4) is 17.2 Å². The van der Waals surface area contributed by atoms with E-state index in [4.69, 9.17) is 18.9 Å². The molecule has 8 heteroatoms. The average Bonchev–Trinajstić information content (AvgIpc) is 3.05. The molecular formula is C36H39NO6S. The number of thioether (sulfide) groups is 1. The van der Waals surface area contributed by atoms with Gasteiger partial charge in [0.1, 0.15) is 19.0 Å². The number of methoxy groups -OCH3 is 2. The van der Waals surface area contributed by atoms with Crippen LogP contribution >= 0.6 is 11.8 Å². The van der Waals surface area contributed by atoms with E-state index < -0.39 is 11.9 Å². The van der Waals surface area contributed by atoms with Crippen molar-refractivity contribution in [2.45, 2.75) is 45.1 Å². The molecular weight excluding hydrogens is 574 g/mol. The molecule has 0 aromatic heterocycles. The number of esters is 1. The lowest BCUT2D eigenvalue weighted by Crippen LogP contribution is -2.36. The summed E-state index contributed by atoms with van der Waals surface area (Å²) in [4.78, 5) is 27.7. The van der Waals surface area contributed by atoms with Crippen molar-refractivity contribution in [2.75, 3.05) is 32.3 Å². The summed E-state index contributed by atoms with van der Waals surface area (Å²) in [5.74, 6) is 2.57. The van der Waals surface area contributed by atoms with Crippen molar-refractivity contribution in [2.24, 2.45) is 0 Å². The molecule has 1 aliphatic heterocycles. The molecule has 0 radical (unpaired) electrons. The zero-order valence-corrected chi connectivity index (χ0v) is 26.5. The van der Waals surface area contributed by atoms with Crippen LogP contribution in [-0.4, -0.2) is 44.1 Å². The lowest BCUT2D eigenvalue weighted by Gasteiger charge is -2.37. The molecule has 2 atom stereocenters. The van der Waals surface area contributed by atoms with Crippen molar-refractivity contribution in [1.82, 2.24) is 5.32 Å². The minimum atomic E-state index is -0.572. The van der Waals surface area contributed by atoms with Crippen LogP contribution in [0.5, 0.6) is 17.2 Å². The van der Waals surface area contributed by atoms with Crippen LogP contribution in [-0.2, 0) is 20.9 Å². The highest BCUT2D eigenvalue weighted by atomic mass is 32.2. The lowest BCUT2D eigenvalue weighted by atomic mass is 9.71. The molecule has 1 aliphatic carbocycles. The monoisotopic (exact) mass is 613 g/mol. The first-order valence-corrected chi connectivity index (χ1v) is 16.1. The zero-order valence-electron chi connectivity index (χ0n) is 25.7. The molecule has 1 heterocycles. The van der Waals surface area contributed by atoms with Crippen LogP contribution in [0, 0.1) is 0 Å². The van der Waals surface area contributed by atoms with Gasteiger partial charge in [-0.15, -0.1) is 0 Å². The second-order valence-electron chi connectivity index (χ2n) is 10.8. The van der Waals surface area contributed by atoms with E-state index in [1.54, 1.807) is 26.0 Å². The van der Waals surface area contributed by atoms with Gasteiger partial charge in [-0.1, -0.05) is 55.5 Å². The predicted octanol–water partition coefficient (Wildman–Crippen LogP) is 6.94. The maximum absolute atomic E-state index is 14.1. The molecule has 7 nitrogen and oxygen atoms in total. The first kappa shape index (κ1) is 31.3. The number of allylic oxidation sites excluding steroid dienone is 3. The molecule has 1 N–H and O–H groups in total. The Morgan fingerprint density at radius 3 is 2.48 bits per heavy atom. The Labute approximate surface area is 263 Å². The lowest BCUT2D eigenvalue weighted by molar-refractivity contribution is -0.138. The molecule has 2 aliphatic rings. The summed E-state index contributed by atoms with van der Waals surface area (Å²) in [7, 11) is 3.21. The van der Waals surface area contributed by atoms with Gasteiger partial charge in [-0.3, -0.25) is 4.79 Å². The SMILES string of the molecule is CCSCCOC(=O)C1=C(C)NC2=C(C(=O)C[C@H](c3ccc(OC)c(OC)c3)C2)[C@H]1c1cccc(OCc2ccccc2)c1. The highest BCUT2D eigenvalue weighted by molar-refractivity contribution is 7.99. The zero-order chi connectivity index (χ0) is 31.1. The van der Waals surface area contributed by atoms with E-state index in [1.165, 1.54) is 0 Å². The van der Waals surface area contributed by atoms with E-state index in [1.807, 2.05) is 79.7 Å². The number of benzene rings is 3. The standard InChI is InChI=1S/C36H39NO6S/c1-5-44-17-16-42-36(39)33-23(2)37-29-19-27(25-14-15-31(40-3)32(21-25)41-4)20-30(38)35(29)34(33)26-12-9-13-28(18-26)43-22-24-10-7-6-8-11-24/h6-15,18,21,27,34,37H,5,16-17,19-20,22H2,1-4H3/t27-,34+/m1/s1. The van der Waals surface area contributed by atoms with Gasteiger partial charge >= 0.3 is 5.97 Å². The van der Waals surface area contributed by atoms with Crippen LogP contribution in [0.15, 0.2) is 95.3 Å². The normalized spacial score (nSPS) is 18.0. The quantitative estimate of drug-likeness (QED) is 0.174. The van der Waals surface area contributed by atoms with Crippen LogP contribution in [0.4, 0.5) is 0 Å². The Morgan fingerprint density at radius 1 is 0.932 bits per heavy atom. The molecule has 3 aromatic carbocycles. The van der Waals surface area contributed by atoms with Gasteiger partial charge < -0.3 is 24.3 Å². The summed E-state index contributed by atoms with van der Waals surface area (Å²) < 4.78 is 22.8. The summed E-state index contributed by atoms with van der Waals surface area (Å²) in [5, 5.41) is 3.44. The van der Waals surface area contributed by atoms with Gasteiger partial charge in [0, 0.05) is 35.1 Å². The number of hydrogen-bond acceptors (Lipinski definition) is 8. The number of ketones is 1. The second kappa shape index (κ2) is 14.5. The van der Waals surface area contributed by atoms with Gasteiger partial charge in [0.05, 0.1) is 19.8 Å². The molecule has 44 heavy (non-hydrogen) atoms. The van der Waals surface area contributed by atoms with Crippen LogP contribution < -0.4 is 19.5 Å². The Bertz CT molecular complexity index is 1560. The molecule has 230 valence electrons. The Hall–Kier alpha value is -4.17. The minimum Gasteiger partial charge on any atom is -0.493 e. The Balaban J connectivity index is 1.49. The fourth-order valence-electron chi connectivity index (χ4n) is 5.93. The smallest absolute Gasteiger partial charge is 0.336 e. The van der Waals surface area contributed by atoms with E-state index in [0.717, 1.165) is 33.9 Å². The van der Waals surface area contributed by atoms with E-state index in [9.17, 15) is 9.59 Å². The third-order valence-electron chi connectivity index (χ3n) is 8.03. The maximum atomic E-state index is 14.1. The number of Topliss-reactive ketones (excluding diaryl/α,β-unsaturated/α-hetero) is 1. The third kappa shape index (κ3) is 6.97. The van der Waals surface area contributed by atoms with Gasteiger partial charge in [0.25, 0.3) is 0 Å². The molecule has 0 saturated carbocycles. The van der Waals surface area contributed by atoms with Crippen LogP contribution in [0.25, 0.3) is 0 Å². The number of carbonyl (C=O) groups excluding carboxylic acids is 2. The molecule has 3 aromatic rings.